The Bertz CT molecular complexity index is 202. The van der Waals surface area contributed by atoms with E-state index in [0.29, 0.717) is 0 Å². The molecule has 0 aromatic heterocycles. The average molecular weight is 226 g/mol. The second-order valence-electron chi connectivity index (χ2n) is 5.36. The van der Waals surface area contributed by atoms with Gasteiger partial charge >= 0.3 is 0 Å². The number of aliphatic hydroxyl groups is 1. The van der Waals surface area contributed by atoms with Gasteiger partial charge in [-0.3, -0.25) is 4.90 Å². The maximum atomic E-state index is 9.74. The van der Waals surface area contributed by atoms with Crippen molar-refractivity contribution in [2.24, 2.45) is 0 Å². The summed E-state index contributed by atoms with van der Waals surface area (Å²) >= 11 is 0. The summed E-state index contributed by atoms with van der Waals surface area (Å²) in [5, 5.41) is 9.74. The Morgan fingerprint density at radius 3 is 2.25 bits per heavy atom. The van der Waals surface area contributed by atoms with Crippen LogP contribution in [0.25, 0.3) is 0 Å². The van der Waals surface area contributed by atoms with Gasteiger partial charge in [0.25, 0.3) is 0 Å². The normalized spacial score (nSPS) is 19.9. The maximum Gasteiger partial charge on any atom is 0.0718 e. The van der Waals surface area contributed by atoms with E-state index in [4.69, 9.17) is 0 Å². The summed E-state index contributed by atoms with van der Waals surface area (Å²) in [7, 11) is 0. The molecule has 3 heteroatoms. The number of β-amino-alcohol motifs (C(OH)–C–C–N with tert-alkyl or cyclic N) is 1. The van der Waals surface area contributed by atoms with Crippen LogP contribution < -0.4 is 0 Å². The second-order valence-corrected chi connectivity index (χ2v) is 5.36. The second kappa shape index (κ2) is 6.38. The molecule has 1 heterocycles. The highest BCUT2D eigenvalue weighted by Gasteiger charge is 2.22. The molecule has 1 fully saturated rings. The molecule has 16 heavy (non-hydrogen) atoms. The van der Waals surface area contributed by atoms with E-state index in [2.05, 4.69) is 16.4 Å². The minimum absolute atomic E-state index is 0.564. The summed E-state index contributed by atoms with van der Waals surface area (Å²) in [4.78, 5) is 4.86. The standard InChI is InChI=1S/C13H26N2O/c1-4-5-6-7-14-8-10-15(11-9-14)12-13(2,3)16/h4,16H,1,5-12H2,2-3H3. The summed E-state index contributed by atoms with van der Waals surface area (Å²) in [5.41, 5.74) is -0.564. The van der Waals surface area contributed by atoms with Crippen LogP contribution in [0.4, 0.5) is 0 Å². The lowest BCUT2D eigenvalue weighted by Gasteiger charge is -2.37. The molecule has 0 amide bonds. The van der Waals surface area contributed by atoms with Crippen LogP contribution in [-0.2, 0) is 0 Å². The van der Waals surface area contributed by atoms with E-state index >= 15 is 0 Å². The van der Waals surface area contributed by atoms with E-state index in [-0.39, 0.29) is 0 Å². The fraction of sp³-hybridized carbons (Fsp3) is 0.846. The number of rotatable bonds is 6. The Balaban J connectivity index is 2.16. The van der Waals surface area contributed by atoms with E-state index in [1.54, 1.807) is 0 Å². The molecule has 0 spiro atoms. The van der Waals surface area contributed by atoms with Crippen molar-refractivity contribution in [3.8, 4) is 0 Å². The van der Waals surface area contributed by atoms with Crippen LogP contribution in [0.5, 0.6) is 0 Å². The van der Waals surface area contributed by atoms with Crippen molar-refractivity contribution in [1.29, 1.82) is 0 Å². The Labute approximate surface area is 99.7 Å². The molecule has 1 aliphatic rings. The lowest BCUT2D eigenvalue weighted by Crippen LogP contribution is -2.50. The van der Waals surface area contributed by atoms with E-state index in [9.17, 15) is 5.11 Å². The zero-order valence-corrected chi connectivity index (χ0v) is 10.8. The molecule has 0 saturated carbocycles. The lowest BCUT2D eigenvalue weighted by atomic mass is 10.1. The average Bonchev–Trinajstić information content (AvgIpc) is 2.19. The zero-order valence-electron chi connectivity index (χ0n) is 10.8. The molecular formula is C13H26N2O. The van der Waals surface area contributed by atoms with E-state index < -0.39 is 5.60 Å². The topological polar surface area (TPSA) is 26.7 Å². The van der Waals surface area contributed by atoms with Gasteiger partial charge in [-0.25, -0.2) is 0 Å². The van der Waals surface area contributed by atoms with Gasteiger partial charge < -0.3 is 10.0 Å². The first-order valence-electron chi connectivity index (χ1n) is 6.29. The van der Waals surface area contributed by atoms with E-state index in [1.165, 1.54) is 13.0 Å². The molecule has 1 saturated heterocycles. The third-order valence-electron chi connectivity index (χ3n) is 2.96. The van der Waals surface area contributed by atoms with E-state index in [1.807, 2.05) is 19.9 Å². The predicted octanol–water partition coefficient (Wildman–Crippen LogP) is 1.34. The monoisotopic (exact) mass is 226 g/mol. The van der Waals surface area contributed by atoms with Gasteiger partial charge in [0.05, 0.1) is 5.60 Å². The number of unbranched alkanes of at least 4 members (excludes halogenated alkanes) is 1. The first-order chi connectivity index (χ1) is 7.51. The van der Waals surface area contributed by atoms with Crippen LogP contribution in [0.1, 0.15) is 26.7 Å². The van der Waals surface area contributed by atoms with Crippen molar-refractivity contribution in [2.45, 2.75) is 32.3 Å². The van der Waals surface area contributed by atoms with Crippen molar-refractivity contribution in [2.75, 3.05) is 39.3 Å². The van der Waals surface area contributed by atoms with Crippen molar-refractivity contribution in [3.05, 3.63) is 12.7 Å². The molecule has 94 valence electrons. The summed E-state index contributed by atoms with van der Waals surface area (Å²) in [6.45, 7) is 13.9. The van der Waals surface area contributed by atoms with Gasteiger partial charge in [0.2, 0.25) is 0 Å². The summed E-state index contributed by atoms with van der Waals surface area (Å²) in [5.74, 6) is 0. The number of hydrogen-bond donors (Lipinski definition) is 1. The molecule has 0 aliphatic carbocycles. The molecular weight excluding hydrogens is 200 g/mol. The minimum atomic E-state index is -0.564. The predicted molar refractivity (Wildman–Crippen MR) is 68.6 cm³/mol. The number of allylic oxidation sites excluding steroid dienone is 1. The maximum absolute atomic E-state index is 9.74. The summed E-state index contributed by atoms with van der Waals surface area (Å²) < 4.78 is 0. The SMILES string of the molecule is C=CCCCN1CCN(CC(C)(C)O)CC1. The molecule has 3 nitrogen and oxygen atoms in total. The molecule has 0 atom stereocenters. The van der Waals surface area contributed by atoms with Gasteiger partial charge in [-0.15, -0.1) is 6.58 Å². The first-order valence-corrected chi connectivity index (χ1v) is 6.29. The third kappa shape index (κ3) is 5.64. The van der Waals surface area contributed by atoms with Gasteiger partial charge in [0.15, 0.2) is 0 Å². The third-order valence-corrected chi connectivity index (χ3v) is 2.96. The minimum Gasteiger partial charge on any atom is -0.389 e. The molecule has 1 rings (SSSR count). The number of hydrogen-bond acceptors (Lipinski definition) is 3. The molecule has 0 radical (unpaired) electrons. The van der Waals surface area contributed by atoms with E-state index in [0.717, 1.165) is 39.1 Å². The highest BCUT2D eigenvalue weighted by Crippen LogP contribution is 2.09. The highest BCUT2D eigenvalue weighted by molar-refractivity contribution is 4.78. The fourth-order valence-electron chi connectivity index (χ4n) is 2.18. The first kappa shape index (κ1) is 13.7. The van der Waals surface area contributed by atoms with Crippen LogP contribution in [-0.4, -0.2) is 59.8 Å². The van der Waals surface area contributed by atoms with Crippen LogP contribution in [0, 0.1) is 0 Å². The van der Waals surface area contributed by atoms with Crippen LogP contribution >= 0.6 is 0 Å². The number of nitrogens with zero attached hydrogens (tertiary/aromatic N) is 2. The fourth-order valence-corrected chi connectivity index (χ4v) is 2.18. The van der Waals surface area contributed by atoms with Gasteiger partial charge in [0.1, 0.15) is 0 Å². The Kier molecular flexibility index (Phi) is 5.46. The van der Waals surface area contributed by atoms with Gasteiger partial charge in [-0.1, -0.05) is 6.08 Å². The largest absolute Gasteiger partial charge is 0.389 e. The highest BCUT2D eigenvalue weighted by atomic mass is 16.3. The lowest BCUT2D eigenvalue weighted by molar-refractivity contribution is 0.0177. The van der Waals surface area contributed by atoms with Crippen LogP contribution in [0.3, 0.4) is 0 Å². The molecule has 0 unspecified atom stereocenters. The Morgan fingerprint density at radius 1 is 1.19 bits per heavy atom. The summed E-state index contributed by atoms with van der Waals surface area (Å²) in [6.07, 6.45) is 4.32. The molecule has 1 N–H and O–H groups in total. The Hall–Kier alpha value is -0.380. The van der Waals surface area contributed by atoms with Gasteiger partial charge in [0, 0.05) is 32.7 Å². The molecule has 0 aromatic rings. The van der Waals surface area contributed by atoms with Crippen molar-refractivity contribution >= 4 is 0 Å². The summed E-state index contributed by atoms with van der Waals surface area (Å²) in [6, 6.07) is 0. The van der Waals surface area contributed by atoms with Crippen molar-refractivity contribution < 1.29 is 5.11 Å². The molecule has 0 bridgehead atoms. The quantitative estimate of drug-likeness (QED) is 0.547. The number of piperazine rings is 1. The zero-order chi connectivity index (χ0) is 12.0. The van der Waals surface area contributed by atoms with Crippen LogP contribution in [0.2, 0.25) is 0 Å². The smallest absolute Gasteiger partial charge is 0.0718 e. The Morgan fingerprint density at radius 2 is 1.75 bits per heavy atom. The van der Waals surface area contributed by atoms with Crippen LogP contribution in [0.15, 0.2) is 12.7 Å². The van der Waals surface area contributed by atoms with Crippen molar-refractivity contribution in [3.63, 3.8) is 0 Å². The molecule has 1 aliphatic heterocycles. The van der Waals surface area contributed by atoms with Crippen molar-refractivity contribution in [1.82, 2.24) is 9.80 Å². The molecule has 0 aromatic carbocycles. The van der Waals surface area contributed by atoms with Gasteiger partial charge in [-0.2, -0.15) is 0 Å². The van der Waals surface area contributed by atoms with Gasteiger partial charge in [-0.05, 0) is 33.2 Å².